The molecule has 0 aliphatic heterocycles. The van der Waals surface area contributed by atoms with Crippen molar-refractivity contribution >= 4 is 17.9 Å². The summed E-state index contributed by atoms with van der Waals surface area (Å²) in [5.41, 5.74) is -0.155. The molecule has 1 amide bonds. The molecule has 0 saturated heterocycles. The molecular formula is C17H22N2O5. The highest BCUT2D eigenvalue weighted by atomic mass is 16.6. The van der Waals surface area contributed by atoms with E-state index in [4.69, 9.17) is 14.2 Å². The third kappa shape index (κ3) is 3.86. The van der Waals surface area contributed by atoms with Gasteiger partial charge in [0.2, 0.25) is 6.08 Å². The molecule has 0 atom stereocenters. The zero-order valence-corrected chi connectivity index (χ0v) is 14.6. The number of hydrogen-bond donors (Lipinski definition) is 1. The molecule has 0 aromatic heterocycles. The number of amides is 1. The Morgan fingerprint density at radius 2 is 1.79 bits per heavy atom. The molecule has 1 aromatic carbocycles. The summed E-state index contributed by atoms with van der Waals surface area (Å²) in [7, 11) is 3.02. The highest BCUT2D eigenvalue weighted by Crippen LogP contribution is 2.53. The van der Waals surface area contributed by atoms with Crippen LogP contribution in [0.3, 0.4) is 0 Å². The van der Waals surface area contributed by atoms with Gasteiger partial charge < -0.3 is 14.2 Å². The number of carbonyl (C=O) groups is 1. The molecule has 2 rings (SSSR count). The molecule has 1 fully saturated rings. The first kappa shape index (κ1) is 17.8. The van der Waals surface area contributed by atoms with Gasteiger partial charge in [-0.15, -0.1) is 0 Å². The van der Waals surface area contributed by atoms with E-state index in [0.717, 1.165) is 0 Å². The van der Waals surface area contributed by atoms with Gasteiger partial charge in [-0.1, -0.05) is 0 Å². The van der Waals surface area contributed by atoms with E-state index in [1.54, 1.807) is 39.0 Å². The average molecular weight is 334 g/mol. The van der Waals surface area contributed by atoms with E-state index in [-0.39, 0.29) is 0 Å². The Hall–Kier alpha value is -2.53. The Morgan fingerprint density at radius 1 is 1.21 bits per heavy atom. The minimum Gasteiger partial charge on any atom is -0.493 e. The van der Waals surface area contributed by atoms with Crippen LogP contribution in [0, 0.1) is 0 Å². The molecule has 0 bridgehead atoms. The molecular weight excluding hydrogens is 312 g/mol. The summed E-state index contributed by atoms with van der Waals surface area (Å²) in [6.07, 6.45) is 2.41. The monoisotopic (exact) mass is 334 g/mol. The number of methoxy groups -OCH3 is 2. The number of isocyanates is 1. The third-order valence-corrected chi connectivity index (χ3v) is 3.64. The predicted octanol–water partition coefficient (Wildman–Crippen LogP) is 3.38. The quantitative estimate of drug-likeness (QED) is 0.659. The molecule has 0 heterocycles. The van der Waals surface area contributed by atoms with Crippen molar-refractivity contribution in [1.82, 2.24) is 0 Å². The van der Waals surface area contributed by atoms with Gasteiger partial charge in [0.25, 0.3) is 0 Å². The van der Waals surface area contributed by atoms with E-state index in [9.17, 15) is 9.59 Å². The second-order valence-electron chi connectivity index (χ2n) is 6.61. The molecule has 0 unspecified atom stereocenters. The number of carbonyl (C=O) groups excluding carboxylic acids is 2. The standard InChI is InChI=1S/C17H22N2O5/c1-16(2,3)24-15(21)19-12-9-14(23-5)13(22-4)8-11(12)17(6-7-17)18-10-20/h8-9H,6-7H2,1-5H3,(H,19,21). The van der Waals surface area contributed by atoms with E-state index in [0.29, 0.717) is 35.6 Å². The van der Waals surface area contributed by atoms with Gasteiger partial charge in [-0.25, -0.2) is 9.59 Å². The molecule has 7 heteroatoms. The lowest BCUT2D eigenvalue weighted by Gasteiger charge is -2.22. The SMILES string of the molecule is COc1cc(NC(=O)OC(C)(C)C)c(C2(N=C=O)CC2)cc1OC. The average Bonchev–Trinajstić information content (AvgIpc) is 3.25. The number of nitrogens with zero attached hydrogens (tertiary/aromatic N) is 1. The molecule has 7 nitrogen and oxygen atoms in total. The lowest BCUT2D eigenvalue weighted by molar-refractivity contribution is 0.0635. The van der Waals surface area contributed by atoms with Gasteiger partial charge in [0.05, 0.1) is 19.9 Å². The number of ether oxygens (including phenoxy) is 3. The minimum atomic E-state index is -0.675. The molecule has 0 spiro atoms. The van der Waals surface area contributed by atoms with Crippen LogP contribution in [0.15, 0.2) is 17.1 Å². The van der Waals surface area contributed by atoms with Crippen molar-refractivity contribution < 1.29 is 23.8 Å². The Morgan fingerprint density at radius 3 is 2.25 bits per heavy atom. The second kappa shape index (κ2) is 6.53. The molecule has 130 valence electrons. The Balaban J connectivity index is 2.44. The van der Waals surface area contributed by atoms with Crippen LogP contribution in [0.25, 0.3) is 0 Å². The Bertz CT molecular complexity index is 683. The molecule has 1 N–H and O–H groups in total. The lowest BCUT2D eigenvalue weighted by Crippen LogP contribution is -2.28. The summed E-state index contributed by atoms with van der Waals surface area (Å²) < 4.78 is 15.9. The van der Waals surface area contributed by atoms with Crippen LogP contribution in [0.4, 0.5) is 10.5 Å². The third-order valence-electron chi connectivity index (χ3n) is 3.64. The van der Waals surface area contributed by atoms with Crippen LogP contribution in [0.2, 0.25) is 0 Å². The van der Waals surface area contributed by atoms with Crippen molar-refractivity contribution in [3.63, 3.8) is 0 Å². The minimum absolute atomic E-state index is 0.457. The van der Waals surface area contributed by atoms with Crippen molar-refractivity contribution in [2.75, 3.05) is 19.5 Å². The number of hydrogen-bond acceptors (Lipinski definition) is 6. The molecule has 24 heavy (non-hydrogen) atoms. The van der Waals surface area contributed by atoms with E-state index in [2.05, 4.69) is 10.3 Å². The maximum Gasteiger partial charge on any atom is 0.412 e. The first-order chi connectivity index (χ1) is 11.2. The topological polar surface area (TPSA) is 86.2 Å². The van der Waals surface area contributed by atoms with Gasteiger partial charge in [0, 0.05) is 11.6 Å². The number of rotatable bonds is 5. The maximum absolute atomic E-state index is 12.1. The molecule has 0 radical (unpaired) electrons. The number of aliphatic imine (C=N–C) groups is 1. The zero-order chi connectivity index (χ0) is 18.0. The van der Waals surface area contributed by atoms with E-state index in [1.165, 1.54) is 14.2 Å². The Labute approximate surface area is 141 Å². The fraction of sp³-hybridized carbons (Fsp3) is 0.529. The van der Waals surface area contributed by atoms with Gasteiger partial charge in [-0.3, -0.25) is 5.32 Å². The van der Waals surface area contributed by atoms with Crippen molar-refractivity contribution in [2.24, 2.45) is 4.99 Å². The number of nitrogens with one attached hydrogen (secondary N) is 1. The van der Waals surface area contributed by atoms with E-state index in [1.807, 2.05) is 0 Å². The fourth-order valence-corrected chi connectivity index (χ4v) is 2.43. The molecule has 1 saturated carbocycles. The molecule has 1 aliphatic rings. The normalized spacial score (nSPS) is 15.0. The first-order valence-electron chi connectivity index (χ1n) is 7.60. The second-order valence-corrected chi connectivity index (χ2v) is 6.61. The van der Waals surface area contributed by atoms with Crippen LogP contribution in [-0.2, 0) is 15.1 Å². The van der Waals surface area contributed by atoms with Gasteiger partial charge >= 0.3 is 6.09 Å². The molecule has 1 aliphatic carbocycles. The summed E-state index contributed by atoms with van der Waals surface area (Å²) in [6, 6.07) is 3.36. The van der Waals surface area contributed by atoms with Gasteiger partial charge in [0.1, 0.15) is 11.1 Å². The van der Waals surface area contributed by atoms with Crippen LogP contribution in [0.1, 0.15) is 39.2 Å². The van der Waals surface area contributed by atoms with Gasteiger partial charge in [-0.2, -0.15) is 4.99 Å². The van der Waals surface area contributed by atoms with Crippen LogP contribution in [0.5, 0.6) is 11.5 Å². The number of anilines is 1. The lowest BCUT2D eigenvalue weighted by atomic mass is 10.0. The zero-order valence-electron chi connectivity index (χ0n) is 14.6. The van der Waals surface area contributed by atoms with Crippen LogP contribution in [-0.4, -0.2) is 32.0 Å². The van der Waals surface area contributed by atoms with E-state index >= 15 is 0 Å². The van der Waals surface area contributed by atoms with Crippen molar-refractivity contribution in [2.45, 2.75) is 44.8 Å². The first-order valence-corrected chi connectivity index (χ1v) is 7.60. The van der Waals surface area contributed by atoms with E-state index < -0.39 is 17.2 Å². The molecule has 1 aromatic rings. The van der Waals surface area contributed by atoms with Crippen LogP contribution < -0.4 is 14.8 Å². The summed E-state index contributed by atoms with van der Waals surface area (Å²) in [6.45, 7) is 5.34. The van der Waals surface area contributed by atoms with Crippen LogP contribution >= 0.6 is 0 Å². The Kier molecular flexibility index (Phi) is 4.85. The summed E-state index contributed by atoms with van der Waals surface area (Å²) >= 11 is 0. The van der Waals surface area contributed by atoms with Crippen molar-refractivity contribution in [3.8, 4) is 11.5 Å². The fourth-order valence-electron chi connectivity index (χ4n) is 2.43. The largest absolute Gasteiger partial charge is 0.493 e. The maximum atomic E-state index is 12.1. The predicted molar refractivity (Wildman–Crippen MR) is 88.4 cm³/mol. The van der Waals surface area contributed by atoms with Crippen molar-refractivity contribution in [3.05, 3.63) is 17.7 Å². The smallest absolute Gasteiger partial charge is 0.412 e. The summed E-state index contributed by atoms with van der Waals surface area (Å²) in [5, 5.41) is 2.71. The highest BCUT2D eigenvalue weighted by Gasteiger charge is 2.47. The van der Waals surface area contributed by atoms with Gasteiger partial charge in [0.15, 0.2) is 11.5 Å². The van der Waals surface area contributed by atoms with Crippen molar-refractivity contribution in [1.29, 1.82) is 0 Å². The summed E-state index contributed by atoms with van der Waals surface area (Å²) in [4.78, 5) is 26.8. The van der Waals surface area contributed by atoms with Gasteiger partial charge in [-0.05, 0) is 39.7 Å². The number of benzene rings is 1. The summed E-state index contributed by atoms with van der Waals surface area (Å²) in [5.74, 6) is 0.952. The highest BCUT2D eigenvalue weighted by molar-refractivity contribution is 5.87.